The van der Waals surface area contributed by atoms with E-state index in [1.807, 2.05) is 17.9 Å². The van der Waals surface area contributed by atoms with Gasteiger partial charge in [0, 0.05) is 29.1 Å². The Kier molecular flexibility index (Phi) is 4.76. The number of aryl methyl sites for hydroxylation is 1. The monoisotopic (exact) mass is 342 g/mol. The summed E-state index contributed by atoms with van der Waals surface area (Å²) in [7, 11) is 0. The summed E-state index contributed by atoms with van der Waals surface area (Å²) < 4.78 is 5.75. The number of likely N-dealkylation sites (tertiary alicyclic amines) is 1. The van der Waals surface area contributed by atoms with Crippen LogP contribution in [-0.4, -0.2) is 30.4 Å². The first-order valence-corrected chi connectivity index (χ1v) is 7.49. The van der Waals surface area contributed by atoms with Crippen LogP contribution in [0.2, 0.25) is 5.02 Å². The maximum absolute atomic E-state index is 12.7. The molecule has 22 heavy (non-hydrogen) atoms. The second-order valence-electron chi connectivity index (χ2n) is 6.19. The second-order valence-corrected chi connectivity index (χ2v) is 6.62. The number of nitrogens with zero attached hydrogens (tertiary/aromatic N) is 1. The maximum atomic E-state index is 12.7. The Morgan fingerprint density at radius 3 is 2.86 bits per heavy atom. The fourth-order valence-electron chi connectivity index (χ4n) is 2.90. The van der Waals surface area contributed by atoms with E-state index in [0.29, 0.717) is 29.5 Å². The van der Waals surface area contributed by atoms with Gasteiger partial charge >= 0.3 is 0 Å². The Hall–Kier alpha value is -1.23. The van der Waals surface area contributed by atoms with Crippen molar-refractivity contribution in [2.45, 2.75) is 20.3 Å². The summed E-state index contributed by atoms with van der Waals surface area (Å²) in [4.78, 5) is 14.5. The molecule has 1 atom stereocenters. The molecule has 2 N–H and O–H groups in total. The maximum Gasteiger partial charge on any atom is 0.289 e. The summed E-state index contributed by atoms with van der Waals surface area (Å²) in [5.74, 6) is 0.352. The first-order valence-electron chi connectivity index (χ1n) is 7.11. The highest BCUT2D eigenvalue weighted by molar-refractivity contribution is 6.31. The molecular weight excluding hydrogens is 323 g/mol. The fraction of sp³-hybridized carbons (Fsp3) is 0.438. The van der Waals surface area contributed by atoms with E-state index >= 15 is 0 Å². The predicted molar refractivity (Wildman–Crippen MR) is 90.9 cm³/mol. The summed E-state index contributed by atoms with van der Waals surface area (Å²) in [6.07, 6.45) is 0.931. The van der Waals surface area contributed by atoms with Crippen LogP contribution in [0.5, 0.6) is 0 Å². The van der Waals surface area contributed by atoms with Crippen LogP contribution in [0.3, 0.4) is 0 Å². The Bertz CT molecular complexity index is 713. The van der Waals surface area contributed by atoms with E-state index in [-0.39, 0.29) is 23.7 Å². The largest absolute Gasteiger partial charge is 0.451 e. The lowest BCUT2D eigenvalue weighted by Crippen LogP contribution is -2.34. The summed E-state index contributed by atoms with van der Waals surface area (Å²) >= 11 is 6.01. The number of benzene rings is 1. The molecule has 3 rings (SSSR count). The van der Waals surface area contributed by atoms with E-state index in [1.54, 1.807) is 12.1 Å². The molecule has 0 saturated carbocycles. The number of carbonyl (C=O) groups is 1. The Morgan fingerprint density at radius 2 is 2.23 bits per heavy atom. The SMILES string of the molecule is Cc1c(C(=O)N2CCC(C)(CN)C2)oc2ccc(Cl)cc12.Cl. The minimum Gasteiger partial charge on any atom is -0.451 e. The van der Waals surface area contributed by atoms with Gasteiger partial charge in [0.05, 0.1) is 0 Å². The molecule has 0 spiro atoms. The number of amides is 1. The van der Waals surface area contributed by atoms with Crippen LogP contribution in [0.15, 0.2) is 22.6 Å². The topological polar surface area (TPSA) is 59.5 Å². The summed E-state index contributed by atoms with van der Waals surface area (Å²) in [5.41, 5.74) is 7.36. The molecule has 4 nitrogen and oxygen atoms in total. The van der Waals surface area contributed by atoms with Gasteiger partial charge in [-0.05, 0) is 43.5 Å². The van der Waals surface area contributed by atoms with Gasteiger partial charge in [-0.2, -0.15) is 0 Å². The normalized spacial score (nSPS) is 21.2. The molecule has 2 heterocycles. The van der Waals surface area contributed by atoms with Gasteiger partial charge in [0.2, 0.25) is 0 Å². The number of fused-ring (bicyclic) bond motifs is 1. The summed E-state index contributed by atoms with van der Waals surface area (Å²) in [5, 5.41) is 1.54. The van der Waals surface area contributed by atoms with E-state index in [2.05, 4.69) is 6.92 Å². The van der Waals surface area contributed by atoms with E-state index in [9.17, 15) is 4.79 Å². The Morgan fingerprint density at radius 1 is 1.50 bits per heavy atom. The van der Waals surface area contributed by atoms with Crippen molar-refractivity contribution in [1.82, 2.24) is 4.90 Å². The average Bonchev–Trinajstić information content (AvgIpc) is 3.01. The molecule has 1 saturated heterocycles. The van der Waals surface area contributed by atoms with Crippen molar-refractivity contribution < 1.29 is 9.21 Å². The summed E-state index contributed by atoms with van der Waals surface area (Å²) in [6.45, 7) is 6.01. The van der Waals surface area contributed by atoms with Crippen LogP contribution in [0, 0.1) is 12.3 Å². The number of hydrogen-bond acceptors (Lipinski definition) is 3. The molecule has 1 fully saturated rings. The van der Waals surface area contributed by atoms with Crippen molar-refractivity contribution in [1.29, 1.82) is 0 Å². The van der Waals surface area contributed by atoms with Crippen molar-refractivity contribution in [3.63, 3.8) is 0 Å². The number of halogens is 2. The average molecular weight is 343 g/mol. The van der Waals surface area contributed by atoms with Crippen LogP contribution in [0.25, 0.3) is 11.0 Å². The molecular formula is C16H20Cl2N2O2. The third-order valence-corrected chi connectivity index (χ3v) is 4.67. The van der Waals surface area contributed by atoms with Crippen molar-refractivity contribution in [2.75, 3.05) is 19.6 Å². The standard InChI is InChI=1S/C16H19ClN2O2.ClH/c1-10-12-7-11(17)3-4-13(12)21-14(10)15(20)19-6-5-16(2,8-18)9-19;/h3-4,7H,5-6,8-9,18H2,1-2H3;1H. The molecule has 1 aliphatic rings. The first kappa shape index (κ1) is 17.1. The molecule has 1 aromatic carbocycles. The highest BCUT2D eigenvalue weighted by Crippen LogP contribution is 2.32. The fourth-order valence-corrected chi connectivity index (χ4v) is 3.08. The highest BCUT2D eigenvalue weighted by atomic mass is 35.5. The van der Waals surface area contributed by atoms with Gasteiger partial charge in [0.1, 0.15) is 5.58 Å². The van der Waals surface area contributed by atoms with Crippen molar-refractivity contribution >= 4 is 40.9 Å². The molecule has 1 amide bonds. The third-order valence-electron chi connectivity index (χ3n) is 4.43. The molecule has 0 aliphatic carbocycles. The molecule has 1 unspecified atom stereocenters. The van der Waals surface area contributed by atoms with Crippen molar-refractivity contribution in [2.24, 2.45) is 11.1 Å². The lowest BCUT2D eigenvalue weighted by molar-refractivity contribution is 0.0746. The highest BCUT2D eigenvalue weighted by Gasteiger charge is 2.36. The second kappa shape index (κ2) is 6.11. The molecule has 0 radical (unpaired) electrons. The van der Waals surface area contributed by atoms with Crippen LogP contribution < -0.4 is 5.73 Å². The number of nitrogens with two attached hydrogens (primary N) is 1. The number of hydrogen-bond donors (Lipinski definition) is 1. The molecule has 2 aromatic rings. The van der Waals surface area contributed by atoms with E-state index < -0.39 is 0 Å². The Balaban J connectivity index is 0.00000176. The zero-order valence-electron chi connectivity index (χ0n) is 12.7. The van der Waals surface area contributed by atoms with Gasteiger partial charge in [-0.15, -0.1) is 12.4 Å². The van der Waals surface area contributed by atoms with Crippen molar-refractivity contribution in [3.05, 3.63) is 34.5 Å². The lowest BCUT2D eigenvalue weighted by Gasteiger charge is -2.22. The van der Waals surface area contributed by atoms with E-state index in [1.165, 1.54) is 0 Å². The molecule has 1 aromatic heterocycles. The van der Waals surface area contributed by atoms with E-state index in [4.69, 9.17) is 21.8 Å². The number of rotatable bonds is 2. The van der Waals surface area contributed by atoms with Gasteiger partial charge < -0.3 is 15.1 Å². The van der Waals surface area contributed by atoms with Gasteiger partial charge in [0.25, 0.3) is 5.91 Å². The number of carbonyl (C=O) groups excluding carboxylic acids is 1. The summed E-state index contributed by atoms with van der Waals surface area (Å²) in [6, 6.07) is 5.40. The van der Waals surface area contributed by atoms with Gasteiger partial charge in [-0.1, -0.05) is 18.5 Å². The van der Waals surface area contributed by atoms with Crippen LogP contribution >= 0.6 is 24.0 Å². The molecule has 6 heteroatoms. The Labute approximate surface area is 141 Å². The quantitative estimate of drug-likeness (QED) is 0.906. The lowest BCUT2D eigenvalue weighted by atomic mass is 9.90. The van der Waals surface area contributed by atoms with Crippen molar-refractivity contribution in [3.8, 4) is 0 Å². The molecule has 1 aliphatic heterocycles. The van der Waals surface area contributed by atoms with Crippen LogP contribution in [0.4, 0.5) is 0 Å². The molecule has 0 bridgehead atoms. The molecule has 120 valence electrons. The minimum atomic E-state index is -0.0583. The van der Waals surface area contributed by atoms with Gasteiger partial charge in [-0.3, -0.25) is 4.79 Å². The third kappa shape index (κ3) is 2.83. The van der Waals surface area contributed by atoms with Crippen LogP contribution in [-0.2, 0) is 0 Å². The van der Waals surface area contributed by atoms with E-state index in [0.717, 1.165) is 23.9 Å². The zero-order valence-corrected chi connectivity index (χ0v) is 14.3. The van der Waals surface area contributed by atoms with Crippen LogP contribution in [0.1, 0.15) is 29.5 Å². The first-order chi connectivity index (χ1) is 9.93. The van der Waals surface area contributed by atoms with Gasteiger partial charge in [-0.25, -0.2) is 0 Å². The predicted octanol–water partition coefficient (Wildman–Crippen LogP) is 3.63. The van der Waals surface area contributed by atoms with Gasteiger partial charge in [0.15, 0.2) is 5.76 Å². The zero-order chi connectivity index (χ0) is 15.2. The minimum absolute atomic E-state index is 0. The number of furan rings is 1. The smallest absolute Gasteiger partial charge is 0.289 e.